The second-order valence-corrected chi connectivity index (χ2v) is 4.99. The van der Waals surface area contributed by atoms with Crippen molar-refractivity contribution in [3.05, 3.63) is 0 Å². The minimum atomic E-state index is -0.134. The van der Waals surface area contributed by atoms with Crippen molar-refractivity contribution >= 4 is 5.91 Å². The monoisotopic (exact) mass is 259 g/mol. The molecule has 0 spiro atoms. The van der Waals surface area contributed by atoms with E-state index in [0.29, 0.717) is 19.1 Å². The van der Waals surface area contributed by atoms with Crippen LogP contribution in [0.1, 0.15) is 27.2 Å². The van der Waals surface area contributed by atoms with E-state index in [1.54, 1.807) is 7.11 Å². The number of rotatable bonds is 10. The fraction of sp³-hybridized carbons (Fsp3) is 0.923. The van der Waals surface area contributed by atoms with E-state index in [2.05, 4.69) is 24.1 Å². The van der Waals surface area contributed by atoms with Gasteiger partial charge in [0.25, 0.3) is 0 Å². The molecule has 5 nitrogen and oxygen atoms in total. The Morgan fingerprint density at radius 2 is 2.00 bits per heavy atom. The van der Waals surface area contributed by atoms with E-state index >= 15 is 0 Å². The highest BCUT2D eigenvalue weighted by molar-refractivity contribution is 5.81. The van der Waals surface area contributed by atoms with Crippen molar-refractivity contribution in [3.63, 3.8) is 0 Å². The van der Waals surface area contributed by atoms with Gasteiger partial charge in [-0.05, 0) is 25.8 Å². The predicted octanol–water partition coefficient (Wildman–Crippen LogP) is 0.444. The number of amides is 1. The summed E-state index contributed by atoms with van der Waals surface area (Å²) in [6.07, 6.45) is 0.894. The average molecular weight is 259 g/mol. The van der Waals surface area contributed by atoms with Crippen LogP contribution in [0, 0.1) is 5.92 Å². The zero-order chi connectivity index (χ0) is 14.0. The standard InChI is InChI=1S/C13H29N3O2/c1-11(2)10-15-13(17)12(3)16(7-5-6-14)8-9-18-4/h11-12H,5-10,14H2,1-4H3,(H,15,17). The lowest BCUT2D eigenvalue weighted by molar-refractivity contribution is -0.126. The van der Waals surface area contributed by atoms with Crippen LogP contribution in [-0.4, -0.2) is 56.7 Å². The molecule has 0 aromatic heterocycles. The third kappa shape index (κ3) is 7.63. The Bertz CT molecular complexity index is 214. The minimum absolute atomic E-state index is 0.0804. The number of nitrogens with one attached hydrogen (secondary N) is 1. The Hall–Kier alpha value is -0.650. The third-order valence-corrected chi connectivity index (χ3v) is 2.84. The zero-order valence-corrected chi connectivity index (χ0v) is 12.2. The van der Waals surface area contributed by atoms with Crippen LogP contribution in [0.5, 0.6) is 0 Å². The van der Waals surface area contributed by atoms with Gasteiger partial charge < -0.3 is 15.8 Å². The summed E-state index contributed by atoms with van der Waals surface area (Å²) in [6.45, 7) is 9.68. The number of carbonyl (C=O) groups is 1. The van der Waals surface area contributed by atoms with Gasteiger partial charge in [0.05, 0.1) is 12.6 Å². The first-order valence-electron chi connectivity index (χ1n) is 6.73. The lowest BCUT2D eigenvalue weighted by atomic mass is 10.2. The Morgan fingerprint density at radius 3 is 2.50 bits per heavy atom. The van der Waals surface area contributed by atoms with Crippen molar-refractivity contribution in [2.75, 3.05) is 39.9 Å². The van der Waals surface area contributed by atoms with Crippen molar-refractivity contribution in [1.82, 2.24) is 10.2 Å². The molecule has 0 aliphatic carbocycles. The average Bonchev–Trinajstić information content (AvgIpc) is 2.35. The third-order valence-electron chi connectivity index (χ3n) is 2.84. The molecular formula is C13H29N3O2. The minimum Gasteiger partial charge on any atom is -0.383 e. The number of ether oxygens (including phenoxy) is 1. The first kappa shape index (κ1) is 17.4. The summed E-state index contributed by atoms with van der Waals surface area (Å²) in [5.41, 5.74) is 5.52. The molecule has 1 unspecified atom stereocenters. The number of carbonyl (C=O) groups excluding carboxylic acids is 1. The Labute approximate surface area is 111 Å². The highest BCUT2D eigenvalue weighted by Crippen LogP contribution is 2.01. The summed E-state index contributed by atoms with van der Waals surface area (Å²) in [4.78, 5) is 14.1. The molecule has 0 saturated carbocycles. The maximum atomic E-state index is 12.0. The molecular weight excluding hydrogens is 230 g/mol. The largest absolute Gasteiger partial charge is 0.383 e. The summed E-state index contributed by atoms with van der Waals surface area (Å²) in [7, 11) is 1.67. The van der Waals surface area contributed by atoms with Crippen LogP contribution in [0.25, 0.3) is 0 Å². The summed E-state index contributed by atoms with van der Waals surface area (Å²) in [6, 6.07) is -0.134. The summed E-state index contributed by atoms with van der Waals surface area (Å²) in [5.74, 6) is 0.550. The molecule has 0 heterocycles. The molecule has 0 radical (unpaired) electrons. The molecule has 3 N–H and O–H groups in total. The van der Waals surface area contributed by atoms with Gasteiger partial charge in [-0.15, -0.1) is 0 Å². The summed E-state index contributed by atoms with van der Waals surface area (Å²) in [5, 5.41) is 2.96. The zero-order valence-electron chi connectivity index (χ0n) is 12.2. The molecule has 1 amide bonds. The van der Waals surface area contributed by atoms with Crippen molar-refractivity contribution in [2.24, 2.45) is 11.7 Å². The van der Waals surface area contributed by atoms with E-state index in [-0.39, 0.29) is 11.9 Å². The van der Waals surface area contributed by atoms with Crippen LogP contribution in [-0.2, 0) is 9.53 Å². The van der Waals surface area contributed by atoms with E-state index in [4.69, 9.17) is 10.5 Å². The Morgan fingerprint density at radius 1 is 1.33 bits per heavy atom. The first-order valence-corrected chi connectivity index (χ1v) is 6.73. The van der Waals surface area contributed by atoms with Crippen molar-refractivity contribution in [2.45, 2.75) is 33.2 Å². The SMILES string of the molecule is COCCN(CCCN)C(C)C(=O)NCC(C)C. The number of hydrogen-bond acceptors (Lipinski definition) is 4. The van der Waals surface area contributed by atoms with Crippen molar-refractivity contribution in [3.8, 4) is 0 Å². The van der Waals surface area contributed by atoms with Gasteiger partial charge in [0, 0.05) is 26.7 Å². The molecule has 0 aromatic rings. The van der Waals surface area contributed by atoms with Crippen LogP contribution in [0.2, 0.25) is 0 Å². The first-order chi connectivity index (χ1) is 8.52. The molecule has 18 heavy (non-hydrogen) atoms. The highest BCUT2D eigenvalue weighted by atomic mass is 16.5. The fourth-order valence-corrected chi connectivity index (χ4v) is 1.62. The molecule has 0 aliphatic heterocycles. The van der Waals surface area contributed by atoms with Gasteiger partial charge in [0.1, 0.15) is 0 Å². The summed E-state index contributed by atoms with van der Waals surface area (Å²) < 4.78 is 5.08. The van der Waals surface area contributed by atoms with E-state index in [9.17, 15) is 4.79 Å². The topological polar surface area (TPSA) is 67.6 Å². The van der Waals surface area contributed by atoms with Crippen molar-refractivity contribution in [1.29, 1.82) is 0 Å². The van der Waals surface area contributed by atoms with E-state index in [1.165, 1.54) is 0 Å². The molecule has 1 atom stereocenters. The second kappa shape index (κ2) is 10.3. The molecule has 0 fully saturated rings. The lowest BCUT2D eigenvalue weighted by Crippen LogP contribution is -2.47. The maximum Gasteiger partial charge on any atom is 0.237 e. The van der Waals surface area contributed by atoms with Gasteiger partial charge in [0.2, 0.25) is 5.91 Å². The number of methoxy groups -OCH3 is 1. The normalized spacial score (nSPS) is 13.1. The van der Waals surface area contributed by atoms with Crippen LogP contribution < -0.4 is 11.1 Å². The van der Waals surface area contributed by atoms with Gasteiger partial charge >= 0.3 is 0 Å². The molecule has 0 aliphatic rings. The van der Waals surface area contributed by atoms with Gasteiger partial charge in [-0.1, -0.05) is 13.8 Å². The molecule has 0 saturated heterocycles. The number of hydrogen-bond donors (Lipinski definition) is 2. The molecule has 108 valence electrons. The maximum absolute atomic E-state index is 12.0. The highest BCUT2D eigenvalue weighted by Gasteiger charge is 2.20. The number of nitrogens with zero attached hydrogens (tertiary/aromatic N) is 1. The van der Waals surface area contributed by atoms with Gasteiger partial charge in [-0.2, -0.15) is 0 Å². The van der Waals surface area contributed by atoms with E-state index in [1.807, 2.05) is 6.92 Å². The van der Waals surface area contributed by atoms with Crippen LogP contribution in [0.15, 0.2) is 0 Å². The fourth-order valence-electron chi connectivity index (χ4n) is 1.62. The van der Waals surface area contributed by atoms with E-state index < -0.39 is 0 Å². The number of nitrogens with two attached hydrogens (primary N) is 1. The van der Waals surface area contributed by atoms with Crippen molar-refractivity contribution < 1.29 is 9.53 Å². The molecule has 0 aromatic carbocycles. The van der Waals surface area contributed by atoms with Gasteiger partial charge in [0.15, 0.2) is 0 Å². The van der Waals surface area contributed by atoms with E-state index in [0.717, 1.165) is 26.1 Å². The van der Waals surface area contributed by atoms with Crippen LogP contribution >= 0.6 is 0 Å². The lowest BCUT2D eigenvalue weighted by Gasteiger charge is -2.28. The quantitative estimate of drug-likeness (QED) is 0.597. The van der Waals surface area contributed by atoms with Crippen LogP contribution in [0.3, 0.4) is 0 Å². The van der Waals surface area contributed by atoms with Gasteiger partial charge in [-0.3, -0.25) is 9.69 Å². The second-order valence-electron chi connectivity index (χ2n) is 4.99. The van der Waals surface area contributed by atoms with Crippen LogP contribution in [0.4, 0.5) is 0 Å². The smallest absolute Gasteiger partial charge is 0.237 e. The molecule has 0 rings (SSSR count). The Balaban J connectivity index is 4.23. The molecule has 5 heteroatoms. The predicted molar refractivity (Wildman–Crippen MR) is 74.4 cm³/mol. The summed E-state index contributed by atoms with van der Waals surface area (Å²) >= 11 is 0. The Kier molecular flexibility index (Phi) is 9.92. The van der Waals surface area contributed by atoms with Gasteiger partial charge in [-0.25, -0.2) is 0 Å². The molecule has 0 bridgehead atoms.